The van der Waals surface area contributed by atoms with Crippen LogP contribution in [0.4, 0.5) is 0 Å². The van der Waals surface area contributed by atoms with Crippen LogP contribution in [0.5, 0.6) is 0 Å². The highest BCUT2D eigenvalue weighted by Gasteiger charge is 2.11. The standard InChI is InChI=1S/C6H12BNO4/c1-12-6(11)2-5(3-9)8-7-4-10/h4-5,7-9H,2-3H2,1H3/t5-/m0/s1. The lowest BCUT2D eigenvalue weighted by Gasteiger charge is -2.11. The fourth-order valence-corrected chi connectivity index (χ4v) is 0.701. The highest BCUT2D eigenvalue weighted by molar-refractivity contribution is 6.64. The van der Waals surface area contributed by atoms with Crippen molar-refractivity contribution in [1.82, 2.24) is 5.23 Å². The molecule has 2 N–H and O–H groups in total. The van der Waals surface area contributed by atoms with E-state index in [0.29, 0.717) is 6.19 Å². The van der Waals surface area contributed by atoms with Crippen LogP contribution in [0.2, 0.25) is 0 Å². The fourth-order valence-electron chi connectivity index (χ4n) is 0.701. The first kappa shape index (κ1) is 11.1. The molecule has 0 heterocycles. The first-order valence-electron chi connectivity index (χ1n) is 3.59. The Kier molecular flexibility index (Phi) is 6.31. The summed E-state index contributed by atoms with van der Waals surface area (Å²) < 4.78 is 4.38. The minimum absolute atomic E-state index is 0.0703. The summed E-state index contributed by atoms with van der Waals surface area (Å²) in [7, 11) is 1.40. The molecule has 0 aliphatic heterocycles. The monoisotopic (exact) mass is 173 g/mol. The predicted molar refractivity (Wildman–Crippen MR) is 44.5 cm³/mol. The molecule has 0 unspecified atom stereocenters. The second-order valence-electron chi connectivity index (χ2n) is 2.23. The normalized spacial score (nSPS) is 11.8. The average Bonchev–Trinajstić information content (AvgIpc) is 2.11. The maximum absolute atomic E-state index is 10.7. The summed E-state index contributed by atoms with van der Waals surface area (Å²) in [6, 6.07) is -0.400. The maximum Gasteiger partial charge on any atom is 0.307 e. The van der Waals surface area contributed by atoms with Crippen molar-refractivity contribution in [2.45, 2.75) is 12.5 Å². The van der Waals surface area contributed by atoms with Crippen LogP contribution < -0.4 is 5.23 Å². The Morgan fingerprint density at radius 1 is 1.83 bits per heavy atom. The van der Waals surface area contributed by atoms with Gasteiger partial charge in [0.25, 0.3) is 7.41 Å². The number of hydrogen-bond acceptors (Lipinski definition) is 5. The lowest BCUT2D eigenvalue weighted by molar-refractivity contribution is -0.141. The average molecular weight is 173 g/mol. The Morgan fingerprint density at radius 3 is 2.92 bits per heavy atom. The van der Waals surface area contributed by atoms with Crippen molar-refractivity contribution in [3.8, 4) is 0 Å². The Hall–Kier alpha value is -0.875. The SMILES string of the molecule is COC(=O)C[C@@H](CO)NBC=O. The van der Waals surface area contributed by atoms with E-state index in [1.54, 1.807) is 0 Å². The number of nitrogens with one attached hydrogen (secondary N) is 1. The van der Waals surface area contributed by atoms with Gasteiger partial charge in [0.2, 0.25) is 0 Å². The van der Waals surface area contributed by atoms with Gasteiger partial charge < -0.3 is 19.9 Å². The summed E-state index contributed by atoms with van der Waals surface area (Å²) in [6.07, 6.45) is 0.737. The van der Waals surface area contributed by atoms with Crippen molar-refractivity contribution >= 4 is 19.6 Å². The lowest BCUT2D eigenvalue weighted by Crippen LogP contribution is -2.38. The summed E-state index contributed by atoms with van der Waals surface area (Å²) in [5, 5.41) is 11.4. The van der Waals surface area contributed by atoms with Crippen molar-refractivity contribution in [2.24, 2.45) is 0 Å². The van der Waals surface area contributed by atoms with Gasteiger partial charge in [0.1, 0.15) is 0 Å². The molecule has 0 fully saturated rings. The van der Waals surface area contributed by atoms with Gasteiger partial charge in [0.15, 0.2) is 0 Å². The topological polar surface area (TPSA) is 75.6 Å². The van der Waals surface area contributed by atoms with E-state index in [4.69, 9.17) is 5.11 Å². The van der Waals surface area contributed by atoms with Crippen LogP contribution in [0.25, 0.3) is 0 Å². The third-order valence-electron chi connectivity index (χ3n) is 1.35. The van der Waals surface area contributed by atoms with E-state index >= 15 is 0 Å². The molecule has 0 aliphatic rings. The molecule has 0 spiro atoms. The van der Waals surface area contributed by atoms with Crippen molar-refractivity contribution in [2.75, 3.05) is 13.7 Å². The Morgan fingerprint density at radius 2 is 2.50 bits per heavy atom. The van der Waals surface area contributed by atoms with Gasteiger partial charge in [0, 0.05) is 6.04 Å². The van der Waals surface area contributed by atoms with E-state index in [1.165, 1.54) is 7.11 Å². The quantitative estimate of drug-likeness (QED) is 0.277. The van der Waals surface area contributed by atoms with Gasteiger partial charge in [0.05, 0.1) is 26.3 Å². The van der Waals surface area contributed by atoms with Crippen LogP contribution in [0.3, 0.4) is 0 Å². The Balaban J connectivity index is 3.66. The minimum atomic E-state index is -0.410. The fraction of sp³-hybridized carbons (Fsp3) is 0.667. The lowest BCUT2D eigenvalue weighted by atomic mass is 9.96. The van der Waals surface area contributed by atoms with Gasteiger partial charge in [-0.2, -0.15) is 0 Å². The molecule has 12 heavy (non-hydrogen) atoms. The van der Waals surface area contributed by atoms with Gasteiger partial charge in [-0.1, -0.05) is 0 Å². The van der Waals surface area contributed by atoms with Gasteiger partial charge in [-0.05, 0) is 0 Å². The van der Waals surface area contributed by atoms with Crippen molar-refractivity contribution in [1.29, 1.82) is 0 Å². The van der Waals surface area contributed by atoms with Crippen LogP contribution >= 0.6 is 0 Å². The van der Waals surface area contributed by atoms with E-state index < -0.39 is 12.0 Å². The summed E-state index contributed by atoms with van der Waals surface area (Å²) in [6.45, 7) is -0.192. The largest absolute Gasteiger partial charge is 0.469 e. The number of hydrogen-bond donors (Lipinski definition) is 2. The molecule has 6 heteroatoms. The third kappa shape index (κ3) is 4.87. The first-order chi connectivity index (χ1) is 5.74. The molecule has 0 aromatic heterocycles. The van der Waals surface area contributed by atoms with E-state index in [9.17, 15) is 9.59 Å². The van der Waals surface area contributed by atoms with Crippen molar-refractivity contribution in [3.05, 3.63) is 0 Å². The maximum atomic E-state index is 10.7. The van der Waals surface area contributed by atoms with Crippen LogP contribution in [-0.2, 0) is 14.3 Å². The number of methoxy groups -OCH3 is 1. The van der Waals surface area contributed by atoms with E-state index in [1.807, 2.05) is 0 Å². The third-order valence-corrected chi connectivity index (χ3v) is 1.35. The summed E-state index contributed by atoms with van der Waals surface area (Å²) in [5.74, 6) is -0.410. The number of rotatable bonds is 6. The highest BCUT2D eigenvalue weighted by Crippen LogP contribution is 1.91. The molecule has 0 rings (SSSR count). The number of carbonyl (C=O) groups excluding carboxylic acids is 2. The van der Waals surface area contributed by atoms with Gasteiger partial charge >= 0.3 is 5.97 Å². The van der Waals surface area contributed by atoms with Crippen LogP contribution in [0.1, 0.15) is 6.42 Å². The number of ether oxygens (including phenoxy) is 1. The molecule has 0 saturated carbocycles. The summed E-state index contributed by atoms with van der Waals surface area (Å²) in [5.41, 5.74) is 0. The molecule has 0 aliphatic carbocycles. The Labute approximate surface area is 71.4 Å². The number of aliphatic hydroxyl groups is 1. The molecule has 0 amide bonds. The van der Waals surface area contributed by atoms with Crippen molar-refractivity contribution in [3.63, 3.8) is 0 Å². The van der Waals surface area contributed by atoms with E-state index in [-0.39, 0.29) is 20.4 Å². The summed E-state index contributed by atoms with van der Waals surface area (Å²) >= 11 is 0. The second kappa shape index (κ2) is 6.81. The van der Waals surface area contributed by atoms with Gasteiger partial charge in [-0.25, -0.2) is 0 Å². The zero-order valence-electron chi connectivity index (χ0n) is 6.95. The van der Waals surface area contributed by atoms with E-state index in [0.717, 1.165) is 0 Å². The molecule has 0 aromatic rings. The second-order valence-corrected chi connectivity index (χ2v) is 2.23. The number of esters is 1. The van der Waals surface area contributed by atoms with Gasteiger partial charge in [-0.15, -0.1) is 0 Å². The molecule has 0 bridgehead atoms. The number of aliphatic hydroxyl groups excluding tert-OH is 1. The van der Waals surface area contributed by atoms with Crippen LogP contribution in [0, 0.1) is 0 Å². The van der Waals surface area contributed by atoms with Gasteiger partial charge in [-0.3, -0.25) is 4.79 Å². The molecule has 0 saturated heterocycles. The number of carbonyl (C=O) groups is 2. The molecular formula is C6H12BNO4. The molecule has 0 radical (unpaired) electrons. The molecule has 0 aromatic carbocycles. The molecule has 68 valence electrons. The molecule has 5 nitrogen and oxygen atoms in total. The highest BCUT2D eigenvalue weighted by atomic mass is 16.5. The predicted octanol–water partition coefficient (Wildman–Crippen LogP) is -1.96. The molecule has 1 atom stereocenters. The Bertz CT molecular complexity index is 152. The zero-order valence-corrected chi connectivity index (χ0v) is 6.95. The molecular weight excluding hydrogens is 161 g/mol. The first-order valence-corrected chi connectivity index (χ1v) is 3.59. The van der Waals surface area contributed by atoms with E-state index in [2.05, 4.69) is 9.96 Å². The minimum Gasteiger partial charge on any atom is -0.469 e. The van der Waals surface area contributed by atoms with Crippen LogP contribution in [-0.4, -0.2) is 44.4 Å². The van der Waals surface area contributed by atoms with Crippen LogP contribution in [0.15, 0.2) is 0 Å². The summed E-state index contributed by atoms with van der Waals surface area (Å²) in [4.78, 5) is 20.6. The van der Waals surface area contributed by atoms with Crippen molar-refractivity contribution < 1.29 is 19.4 Å². The smallest absolute Gasteiger partial charge is 0.307 e. The zero-order chi connectivity index (χ0) is 9.40.